The van der Waals surface area contributed by atoms with Gasteiger partial charge in [-0.2, -0.15) is 0 Å². The number of halogens is 1. The topological polar surface area (TPSA) is 55.1 Å². The third-order valence-corrected chi connectivity index (χ3v) is 5.07. The van der Waals surface area contributed by atoms with Gasteiger partial charge in [0.25, 0.3) is 0 Å². The molecule has 2 aromatic carbocycles. The maximum Gasteiger partial charge on any atom is 0.226 e. The summed E-state index contributed by atoms with van der Waals surface area (Å²) in [5.41, 5.74) is 1.55. The lowest BCUT2D eigenvalue weighted by atomic mass is 10.2. The molecule has 0 saturated heterocycles. The summed E-state index contributed by atoms with van der Waals surface area (Å²) in [5.74, 6) is 1.75. The van der Waals surface area contributed by atoms with E-state index >= 15 is 0 Å². The lowest BCUT2D eigenvalue weighted by molar-refractivity contribution is -0.120. The van der Waals surface area contributed by atoms with Crippen LogP contribution in [0, 0.1) is 12.7 Å². The van der Waals surface area contributed by atoms with Gasteiger partial charge in [-0.15, -0.1) is 11.8 Å². The quantitative estimate of drug-likeness (QED) is 0.454. The first-order valence-electron chi connectivity index (χ1n) is 8.78. The molecule has 0 bridgehead atoms. The van der Waals surface area contributed by atoms with Crippen LogP contribution >= 0.6 is 11.8 Å². The van der Waals surface area contributed by atoms with Gasteiger partial charge in [-0.05, 0) is 55.5 Å². The van der Waals surface area contributed by atoms with Crippen molar-refractivity contribution in [1.29, 1.82) is 0 Å². The fraction of sp³-hybridized carbons (Fsp3) is 0.238. The molecule has 0 aliphatic carbocycles. The van der Waals surface area contributed by atoms with Gasteiger partial charge in [-0.1, -0.05) is 18.2 Å². The highest BCUT2D eigenvalue weighted by Crippen LogP contribution is 2.21. The van der Waals surface area contributed by atoms with Gasteiger partial charge in [0.1, 0.15) is 11.6 Å². The second-order valence-electron chi connectivity index (χ2n) is 6.07. The van der Waals surface area contributed by atoms with Crippen molar-refractivity contribution >= 4 is 17.7 Å². The van der Waals surface area contributed by atoms with E-state index in [0.29, 0.717) is 23.9 Å². The average molecular weight is 384 g/mol. The van der Waals surface area contributed by atoms with E-state index in [4.69, 9.17) is 4.42 Å². The fourth-order valence-electron chi connectivity index (χ4n) is 2.53. The summed E-state index contributed by atoms with van der Waals surface area (Å²) in [6, 6.07) is 16.1. The summed E-state index contributed by atoms with van der Waals surface area (Å²) < 4.78 is 18.5. The van der Waals surface area contributed by atoms with E-state index in [2.05, 4.69) is 10.3 Å². The first-order valence-corrected chi connectivity index (χ1v) is 9.77. The van der Waals surface area contributed by atoms with Crippen LogP contribution in [-0.2, 0) is 11.2 Å². The minimum Gasteiger partial charge on any atom is -0.441 e. The molecule has 27 heavy (non-hydrogen) atoms. The summed E-state index contributed by atoms with van der Waals surface area (Å²) in [5, 5.41) is 2.91. The van der Waals surface area contributed by atoms with E-state index in [1.807, 2.05) is 37.3 Å². The largest absolute Gasteiger partial charge is 0.441 e. The number of carbonyl (C=O) groups is 1. The van der Waals surface area contributed by atoms with Crippen LogP contribution in [0.15, 0.2) is 63.9 Å². The lowest BCUT2D eigenvalue weighted by Gasteiger charge is -2.04. The maximum absolute atomic E-state index is 12.9. The Morgan fingerprint density at radius 3 is 2.63 bits per heavy atom. The Morgan fingerprint density at radius 1 is 1.15 bits per heavy atom. The summed E-state index contributed by atoms with van der Waals surface area (Å²) >= 11 is 1.64. The maximum atomic E-state index is 12.9. The van der Waals surface area contributed by atoms with Gasteiger partial charge < -0.3 is 9.73 Å². The predicted molar refractivity (Wildman–Crippen MR) is 105 cm³/mol. The van der Waals surface area contributed by atoms with Gasteiger partial charge >= 0.3 is 0 Å². The van der Waals surface area contributed by atoms with Gasteiger partial charge in [0.05, 0.1) is 12.1 Å². The highest BCUT2D eigenvalue weighted by Gasteiger charge is 2.14. The predicted octanol–water partition coefficient (Wildman–Crippen LogP) is 4.63. The number of rotatable bonds is 8. The van der Waals surface area contributed by atoms with E-state index in [-0.39, 0.29) is 18.1 Å². The number of amides is 1. The number of aryl methyl sites for hydroxylation is 1. The number of oxazole rings is 1. The SMILES string of the molecule is Cc1oc(-c2ccccc2)nc1CC(=O)NCCCSc1ccc(F)cc1. The first-order chi connectivity index (χ1) is 13.1. The van der Waals surface area contributed by atoms with E-state index in [1.54, 1.807) is 23.9 Å². The van der Waals surface area contributed by atoms with Crippen molar-refractivity contribution in [2.75, 3.05) is 12.3 Å². The van der Waals surface area contributed by atoms with Crippen LogP contribution in [0.3, 0.4) is 0 Å². The molecule has 0 aliphatic rings. The molecule has 0 atom stereocenters. The zero-order valence-corrected chi connectivity index (χ0v) is 15.9. The standard InChI is InChI=1S/C21H21FN2O2S/c1-15-19(24-21(26-15)16-6-3-2-4-7-16)14-20(25)23-12-5-13-27-18-10-8-17(22)9-11-18/h2-4,6-11H,5,12-14H2,1H3,(H,23,25). The summed E-state index contributed by atoms with van der Waals surface area (Å²) in [7, 11) is 0. The Balaban J connectivity index is 1.42. The van der Waals surface area contributed by atoms with Gasteiger partial charge in [0, 0.05) is 17.0 Å². The number of carbonyl (C=O) groups excluding carboxylic acids is 1. The summed E-state index contributed by atoms with van der Waals surface area (Å²) in [6.45, 7) is 2.41. The van der Waals surface area contributed by atoms with Crippen LogP contribution < -0.4 is 5.32 Å². The fourth-order valence-corrected chi connectivity index (χ4v) is 3.38. The van der Waals surface area contributed by atoms with Crippen LogP contribution in [-0.4, -0.2) is 23.2 Å². The van der Waals surface area contributed by atoms with Crippen molar-refractivity contribution in [3.05, 3.63) is 71.9 Å². The van der Waals surface area contributed by atoms with Crippen LogP contribution in [0.5, 0.6) is 0 Å². The number of hydrogen-bond acceptors (Lipinski definition) is 4. The van der Waals surface area contributed by atoms with Gasteiger partial charge in [0.2, 0.25) is 11.8 Å². The monoisotopic (exact) mass is 384 g/mol. The van der Waals surface area contributed by atoms with Crippen LogP contribution in [0.1, 0.15) is 17.9 Å². The minimum atomic E-state index is -0.231. The molecular formula is C21H21FN2O2S. The molecular weight excluding hydrogens is 363 g/mol. The van der Waals surface area contributed by atoms with E-state index in [1.165, 1.54) is 12.1 Å². The molecule has 0 saturated carbocycles. The van der Waals surface area contributed by atoms with Crippen LogP contribution in [0.25, 0.3) is 11.5 Å². The third-order valence-electron chi connectivity index (χ3n) is 3.97. The lowest BCUT2D eigenvalue weighted by Crippen LogP contribution is -2.26. The van der Waals surface area contributed by atoms with Crippen molar-refractivity contribution in [2.24, 2.45) is 0 Å². The van der Waals surface area contributed by atoms with Crippen molar-refractivity contribution < 1.29 is 13.6 Å². The average Bonchev–Trinajstić information content (AvgIpc) is 3.04. The summed E-state index contributed by atoms with van der Waals surface area (Å²) in [6.07, 6.45) is 1.04. The van der Waals surface area contributed by atoms with Crippen molar-refractivity contribution in [1.82, 2.24) is 10.3 Å². The minimum absolute atomic E-state index is 0.0715. The number of thioether (sulfide) groups is 1. The van der Waals surface area contributed by atoms with Crippen LogP contribution in [0.2, 0.25) is 0 Å². The van der Waals surface area contributed by atoms with E-state index < -0.39 is 0 Å². The molecule has 0 radical (unpaired) electrons. The Hall–Kier alpha value is -2.60. The summed E-state index contributed by atoms with van der Waals surface area (Å²) in [4.78, 5) is 17.6. The Kier molecular flexibility index (Phi) is 6.65. The zero-order chi connectivity index (χ0) is 19.1. The van der Waals surface area contributed by atoms with E-state index in [0.717, 1.165) is 22.6 Å². The molecule has 0 spiro atoms. The van der Waals surface area contributed by atoms with Crippen LogP contribution in [0.4, 0.5) is 4.39 Å². The number of nitrogens with zero attached hydrogens (tertiary/aromatic N) is 1. The molecule has 1 N–H and O–H groups in total. The molecule has 1 heterocycles. The number of nitrogens with one attached hydrogen (secondary N) is 1. The van der Waals surface area contributed by atoms with Crippen molar-refractivity contribution in [3.8, 4) is 11.5 Å². The Morgan fingerprint density at radius 2 is 1.89 bits per heavy atom. The van der Waals surface area contributed by atoms with Crippen molar-refractivity contribution in [3.63, 3.8) is 0 Å². The smallest absolute Gasteiger partial charge is 0.226 e. The number of hydrogen-bond donors (Lipinski definition) is 1. The Bertz CT molecular complexity index is 879. The van der Waals surface area contributed by atoms with Gasteiger partial charge in [-0.25, -0.2) is 9.37 Å². The van der Waals surface area contributed by atoms with Crippen molar-refractivity contribution in [2.45, 2.75) is 24.7 Å². The zero-order valence-electron chi connectivity index (χ0n) is 15.1. The third kappa shape index (κ3) is 5.69. The molecule has 3 rings (SSSR count). The van der Waals surface area contributed by atoms with E-state index in [9.17, 15) is 9.18 Å². The molecule has 0 unspecified atom stereocenters. The Labute approximate surface area is 162 Å². The molecule has 3 aromatic rings. The molecule has 140 valence electrons. The highest BCUT2D eigenvalue weighted by molar-refractivity contribution is 7.99. The van der Waals surface area contributed by atoms with Gasteiger partial charge in [-0.3, -0.25) is 4.79 Å². The molecule has 1 aromatic heterocycles. The number of aromatic nitrogens is 1. The second-order valence-corrected chi connectivity index (χ2v) is 7.24. The number of benzene rings is 2. The molecule has 1 amide bonds. The normalized spacial score (nSPS) is 10.7. The molecule has 0 aliphatic heterocycles. The molecule has 4 nitrogen and oxygen atoms in total. The molecule has 6 heteroatoms. The first kappa shape index (κ1) is 19.2. The highest BCUT2D eigenvalue weighted by atomic mass is 32.2. The van der Waals surface area contributed by atoms with Gasteiger partial charge in [0.15, 0.2) is 0 Å². The molecule has 0 fully saturated rings. The second kappa shape index (κ2) is 9.37.